The van der Waals surface area contributed by atoms with Crippen LogP contribution in [0, 0.1) is 5.82 Å². The number of aromatic nitrogens is 2. The first-order valence-electron chi connectivity index (χ1n) is 8.60. The fraction of sp³-hybridized carbons (Fsp3) is 0.250. The Morgan fingerprint density at radius 1 is 1.22 bits per heavy atom. The molecule has 0 atom stereocenters. The normalized spacial score (nSPS) is 11.0. The SMILES string of the molecule is CC(C)c1ccc(-c2noc(CCC(=O)Nc3ccc(F)c(Cl)c3)n2)cc1. The van der Waals surface area contributed by atoms with E-state index in [-0.39, 0.29) is 17.4 Å². The number of carbonyl (C=O) groups is 1. The van der Waals surface area contributed by atoms with Crippen LogP contribution in [0.2, 0.25) is 5.02 Å². The molecule has 7 heteroatoms. The molecule has 0 saturated carbocycles. The fourth-order valence-corrected chi connectivity index (χ4v) is 2.69. The van der Waals surface area contributed by atoms with Gasteiger partial charge in [0, 0.05) is 24.1 Å². The van der Waals surface area contributed by atoms with Crippen LogP contribution >= 0.6 is 11.6 Å². The average molecular weight is 388 g/mol. The third kappa shape index (κ3) is 4.92. The number of anilines is 1. The van der Waals surface area contributed by atoms with Crippen LogP contribution in [0.15, 0.2) is 47.0 Å². The lowest BCUT2D eigenvalue weighted by molar-refractivity contribution is -0.116. The number of hydrogen-bond donors (Lipinski definition) is 1. The van der Waals surface area contributed by atoms with E-state index in [2.05, 4.69) is 29.3 Å². The summed E-state index contributed by atoms with van der Waals surface area (Å²) < 4.78 is 18.4. The molecule has 0 aliphatic carbocycles. The van der Waals surface area contributed by atoms with Gasteiger partial charge >= 0.3 is 0 Å². The molecule has 0 fully saturated rings. The number of rotatable bonds is 6. The van der Waals surface area contributed by atoms with Crippen LogP contribution in [0.3, 0.4) is 0 Å². The van der Waals surface area contributed by atoms with Crippen molar-refractivity contribution in [2.24, 2.45) is 0 Å². The molecule has 1 N–H and O–H groups in total. The van der Waals surface area contributed by atoms with Gasteiger partial charge in [-0.1, -0.05) is 54.9 Å². The number of amides is 1. The van der Waals surface area contributed by atoms with Gasteiger partial charge in [-0.15, -0.1) is 0 Å². The average Bonchev–Trinajstić information content (AvgIpc) is 3.12. The van der Waals surface area contributed by atoms with Gasteiger partial charge in [-0.05, 0) is 29.7 Å². The third-order valence-electron chi connectivity index (χ3n) is 4.07. The molecule has 140 valence electrons. The second-order valence-electron chi connectivity index (χ2n) is 6.47. The van der Waals surface area contributed by atoms with Crippen molar-refractivity contribution in [2.75, 3.05) is 5.32 Å². The molecule has 0 unspecified atom stereocenters. The Kier molecular flexibility index (Phi) is 5.86. The molecule has 1 heterocycles. The molecule has 2 aromatic carbocycles. The standard InChI is InChI=1S/C20H19ClFN3O2/c1-12(2)13-3-5-14(6-4-13)20-24-19(27-25-20)10-9-18(26)23-15-7-8-17(22)16(21)11-15/h3-8,11-12H,9-10H2,1-2H3,(H,23,26). The monoisotopic (exact) mass is 387 g/mol. The highest BCUT2D eigenvalue weighted by atomic mass is 35.5. The Morgan fingerprint density at radius 3 is 2.63 bits per heavy atom. The van der Waals surface area contributed by atoms with Crippen molar-refractivity contribution in [3.63, 3.8) is 0 Å². The second-order valence-corrected chi connectivity index (χ2v) is 6.87. The summed E-state index contributed by atoms with van der Waals surface area (Å²) in [4.78, 5) is 16.4. The lowest BCUT2D eigenvalue weighted by Crippen LogP contribution is -2.12. The van der Waals surface area contributed by atoms with E-state index in [4.69, 9.17) is 16.1 Å². The van der Waals surface area contributed by atoms with E-state index in [1.165, 1.54) is 23.8 Å². The van der Waals surface area contributed by atoms with Crippen LogP contribution < -0.4 is 5.32 Å². The highest BCUT2D eigenvalue weighted by Gasteiger charge is 2.12. The minimum atomic E-state index is -0.533. The zero-order chi connectivity index (χ0) is 19.4. The minimum Gasteiger partial charge on any atom is -0.339 e. The van der Waals surface area contributed by atoms with Gasteiger partial charge in [0.2, 0.25) is 17.6 Å². The number of nitrogens with zero attached hydrogens (tertiary/aromatic N) is 2. The molecule has 0 radical (unpaired) electrons. The van der Waals surface area contributed by atoms with Crippen LogP contribution in [0.25, 0.3) is 11.4 Å². The maximum atomic E-state index is 13.1. The third-order valence-corrected chi connectivity index (χ3v) is 4.36. The molecule has 3 aromatic rings. The second kappa shape index (κ2) is 8.31. The predicted octanol–water partition coefficient (Wildman–Crippen LogP) is 5.22. The zero-order valence-corrected chi connectivity index (χ0v) is 15.8. The Labute approximate surface area is 161 Å². The van der Waals surface area contributed by atoms with Crippen molar-refractivity contribution in [1.29, 1.82) is 0 Å². The molecule has 3 rings (SSSR count). The summed E-state index contributed by atoms with van der Waals surface area (Å²) in [6, 6.07) is 12.0. The maximum absolute atomic E-state index is 13.1. The molecule has 0 saturated heterocycles. The number of halogens is 2. The first-order chi connectivity index (χ1) is 12.9. The van der Waals surface area contributed by atoms with E-state index in [9.17, 15) is 9.18 Å². The van der Waals surface area contributed by atoms with Crippen molar-refractivity contribution in [3.05, 3.63) is 64.8 Å². The topological polar surface area (TPSA) is 68.0 Å². The minimum absolute atomic E-state index is 0.0437. The lowest BCUT2D eigenvalue weighted by Gasteiger charge is -2.05. The molecule has 27 heavy (non-hydrogen) atoms. The fourth-order valence-electron chi connectivity index (χ4n) is 2.51. The number of carbonyl (C=O) groups excluding carboxylic acids is 1. The quantitative estimate of drug-likeness (QED) is 0.629. The van der Waals surface area contributed by atoms with E-state index in [0.29, 0.717) is 29.7 Å². The predicted molar refractivity (Wildman–Crippen MR) is 102 cm³/mol. The van der Waals surface area contributed by atoms with E-state index >= 15 is 0 Å². The smallest absolute Gasteiger partial charge is 0.227 e. The van der Waals surface area contributed by atoms with Gasteiger partial charge in [0.25, 0.3) is 0 Å². The first kappa shape index (κ1) is 19.0. The van der Waals surface area contributed by atoms with Gasteiger partial charge in [0.05, 0.1) is 5.02 Å². The summed E-state index contributed by atoms with van der Waals surface area (Å²) in [7, 11) is 0. The van der Waals surface area contributed by atoms with Crippen molar-refractivity contribution in [1.82, 2.24) is 10.1 Å². The van der Waals surface area contributed by atoms with Crippen LogP contribution in [-0.4, -0.2) is 16.0 Å². The summed E-state index contributed by atoms with van der Waals surface area (Å²) in [6.45, 7) is 4.26. The van der Waals surface area contributed by atoms with Crippen LogP contribution in [0.5, 0.6) is 0 Å². The van der Waals surface area contributed by atoms with Crippen molar-refractivity contribution < 1.29 is 13.7 Å². The van der Waals surface area contributed by atoms with Gasteiger partial charge in [0.1, 0.15) is 5.82 Å². The molecular weight excluding hydrogens is 369 g/mol. The largest absolute Gasteiger partial charge is 0.339 e. The van der Waals surface area contributed by atoms with E-state index in [1.54, 1.807) is 0 Å². The van der Waals surface area contributed by atoms with E-state index < -0.39 is 5.82 Å². The Hall–Kier alpha value is -2.73. The molecule has 1 aromatic heterocycles. The summed E-state index contributed by atoms with van der Waals surface area (Å²) in [5, 5.41) is 6.58. The van der Waals surface area contributed by atoms with Gasteiger partial charge in [-0.3, -0.25) is 4.79 Å². The summed E-state index contributed by atoms with van der Waals surface area (Å²) in [6.07, 6.45) is 0.459. The molecular formula is C20H19ClFN3O2. The molecule has 5 nitrogen and oxygen atoms in total. The molecule has 0 spiro atoms. The summed E-state index contributed by atoms with van der Waals surface area (Å²) in [5.74, 6) is 0.541. The molecule has 1 amide bonds. The van der Waals surface area contributed by atoms with Gasteiger partial charge < -0.3 is 9.84 Å². The first-order valence-corrected chi connectivity index (χ1v) is 8.98. The number of nitrogens with one attached hydrogen (secondary N) is 1. The molecule has 0 aliphatic rings. The summed E-state index contributed by atoms with van der Waals surface area (Å²) in [5.41, 5.74) is 2.53. The van der Waals surface area contributed by atoms with Crippen molar-refractivity contribution in [2.45, 2.75) is 32.6 Å². The Morgan fingerprint density at radius 2 is 1.96 bits per heavy atom. The summed E-state index contributed by atoms with van der Waals surface area (Å²) >= 11 is 5.70. The maximum Gasteiger partial charge on any atom is 0.227 e. The Balaban J connectivity index is 1.57. The molecule has 0 aliphatic heterocycles. The van der Waals surface area contributed by atoms with Crippen LogP contribution in [-0.2, 0) is 11.2 Å². The van der Waals surface area contributed by atoms with E-state index in [0.717, 1.165) is 5.56 Å². The number of hydrogen-bond acceptors (Lipinski definition) is 4. The van der Waals surface area contributed by atoms with Gasteiger partial charge in [-0.25, -0.2) is 4.39 Å². The van der Waals surface area contributed by atoms with Crippen LogP contribution in [0.1, 0.15) is 37.6 Å². The molecule has 0 bridgehead atoms. The lowest BCUT2D eigenvalue weighted by atomic mass is 10.0. The number of aryl methyl sites for hydroxylation is 1. The zero-order valence-electron chi connectivity index (χ0n) is 15.0. The van der Waals surface area contributed by atoms with Crippen molar-refractivity contribution >= 4 is 23.2 Å². The highest BCUT2D eigenvalue weighted by molar-refractivity contribution is 6.31. The van der Waals surface area contributed by atoms with E-state index in [1.807, 2.05) is 24.3 Å². The van der Waals surface area contributed by atoms with Crippen molar-refractivity contribution in [3.8, 4) is 11.4 Å². The number of benzene rings is 2. The van der Waals surface area contributed by atoms with Crippen LogP contribution in [0.4, 0.5) is 10.1 Å². The van der Waals surface area contributed by atoms with Gasteiger partial charge in [-0.2, -0.15) is 4.98 Å². The highest BCUT2D eigenvalue weighted by Crippen LogP contribution is 2.21. The van der Waals surface area contributed by atoms with Gasteiger partial charge in [0.15, 0.2) is 0 Å². The Bertz CT molecular complexity index is 939.